The summed E-state index contributed by atoms with van der Waals surface area (Å²) in [5, 5.41) is 7.65. The molecule has 0 aliphatic heterocycles. The van der Waals surface area contributed by atoms with Crippen LogP contribution < -0.4 is 5.32 Å². The third-order valence-corrected chi connectivity index (χ3v) is 2.51. The van der Waals surface area contributed by atoms with Gasteiger partial charge in [0.05, 0.1) is 12.2 Å². The molecule has 0 spiro atoms. The third kappa shape index (κ3) is 2.28. The Morgan fingerprint density at radius 2 is 2.06 bits per heavy atom. The van der Waals surface area contributed by atoms with Crippen LogP contribution in [0.15, 0.2) is 36.9 Å². The summed E-state index contributed by atoms with van der Waals surface area (Å²) in [6.45, 7) is 3.02. The van der Waals surface area contributed by atoms with Crippen LogP contribution in [-0.2, 0) is 7.05 Å². The molecule has 0 bridgehead atoms. The molecule has 2 aromatic heterocycles. The predicted molar refractivity (Wildman–Crippen MR) is 63.0 cm³/mol. The van der Waals surface area contributed by atoms with E-state index in [2.05, 4.69) is 22.3 Å². The first kappa shape index (κ1) is 10.8. The van der Waals surface area contributed by atoms with Crippen molar-refractivity contribution in [2.45, 2.75) is 13.0 Å². The van der Waals surface area contributed by atoms with Crippen molar-refractivity contribution in [1.82, 2.24) is 20.1 Å². The first-order chi connectivity index (χ1) is 7.81. The molecule has 4 nitrogen and oxygen atoms in total. The topological polar surface area (TPSA) is 42.7 Å². The number of aromatic nitrogens is 3. The third-order valence-electron chi connectivity index (χ3n) is 2.51. The van der Waals surface area contributed by atoms with Gasteiger partial charge in [-0.3, -0.25) is 9.67 Å². The standard InChI is InChI=1S/C12H16N4/c1-3-14-12(10-4-6-13-7-5-10)11-8-15-16(2)9-11/h4-9,12,14H,3H2,1-2H3. The molecular weight excluding hydrogens is 200 g/mol. The van der Waals surface area contributed by atoms with Gasteiger partial charge in [0.1, 0.15) is 0 Å². The molecule has 0 saturated carbocycles. The highest BCUT2D eigenvalue weighted by molar-refractivity contribution is 5.27. The van der Waals surface area contributed by atoms with Gasteiger partial charge in [-0.1, -0.05) is 6.92 Å². The second-order valence-electron chi connectivity index (χ2n) is 3.72. The minimum absolute atomic E-state index is 0.196. The van der Waals surface area contributed by atoms with E-state index in [0.29, 0.717) is 0 Å². The molecule has 1 N–H and O–H groups in total. The average molecular weight is 216 g/mol. The van der Waals surface area contributed by atoms with Gasteiger partial charge >= 0.3 is 0 Å². The van der Waals surface area contributed by atoms with Crippen LogP contribution in [-0.4, -0.2) is 21.3 Å². The highest BCUT2D eigenvalue weighted by Crippen LogP contribution is 2.20. The number of nitrogens with one attached hydrogen (secondary N) is 1. The van der Waals surface area contributed by atoms with Crippen molar-refractivity contribution in [2.24, 2.45) is 7.05 Å². The lowest BCUT2D eigenvalue weighted by Gasteiger charge is -2.16. The molecule has 1 atom stereocenters. The minimum Gasteiger partial charge on any atom is -0.306 e. The van der Waals surface area contributed by atoms with Gasteiger partial charge in [-0.25, -0.2) is 0 Å². The van der Waals surface area contributed by atoms with E-state index in [0.717, 1.165) is 6.54 Å². The van der Waals surface area contributed by atoms with E-state index >= 15 is 0 Å². The van der Waals surface area contributed by atoms with Crippen LogP contribution in [0.25, 0.3) is 0 Å². The van der Waals surface area contributed by atoms with Crippen molar-refractivity contribution in [2.75, 3.05) is 6.54 Å². The second kappa shape index (κ2) is 4.90. The molecule has 0 saturated heterocycles. The number of pyridine rings is 1. The molecule has 0 amide bonds. The normalized spacial score (nSPS) is 12.6. The maximum atomic E-state index is 4.21. The quantitative estimate of drug-likeness (QED) is 0.842. The molecule has 2 aromatic rings. The lowest BCUT2D eigenvalue weighted by molar-refractivity contribution is 0.629. The van der Waals surface area contributed by atoms with E-state index in [-0.39, 0.29) is 6.04 Å². The number of rotatable bonds is 4. The fraction of sp³-hybridized carbons (Fsp3) is 0.333. The van der Waals surface area contributed by atoms with Crippen molar-refractivity contribution < 1.29 is 0 Å². The molecule has 0 aromatic carbocycles. The van der Waals surface area contributed by atoms with Crippen LogP contribution in [0.3, 0.4) is 0 Å². The minimum atomic E-state index is 0.196. The largest absolute Gasteiger partial charge is 0.306 e. The highest BCUT2D eigenvalue weighted by atomic mass is 15.2. The molecule has 0 aliphatic carbocycles. The summed E-state index contributed by atoms with van der Waals surface area (Å²) in [6.07, 6.45) is 7.56. The Labute approximate surface area is 95.3 Å². The number of aryl methyl sites for hydroxylation is 1. The smallest absolute Gasteiger partial charge is 0.0608 e. The lowest BCUT2D eigenvalue weighted by Crippen LogP contribution is -2.21. The van der Waals surface area contributed by atoms with Gasteiger partial charge in [0.2, 0.25) is 0 Å². The van der Waals surface area contributed by atoms with Gasteiger partial charge < -0.3 is 5.32 Å². The summed E-state index contributed by atoms with van der Waals surface area (Å²) < 4.78 is 1.82. The van der Waals surface area contributed by atoms with Gasteiger partial charge in [-0.15, -0.1) is 0 Å². The van der Waals surface area contributed by atoms with Crippen LogP contribution in [0.2, 0.25) is 0 Å². The van der Waals surface area contributed by atoms with Crippen molar-refractivity contribution >= 4 is 0 Å². The van der Waals surface area contributed by atoms with E-state index in [1.807, 2.05) is 48.6 Å². The summed E-state index contributed by atoms with van der Waals surface area (Å²) in [4.78, 5) is 4.04. The molecule has 2 heterocycles. The van der Waals surface area contributed by atoms with Crippen molar-refractivity contribution in [3.63, 3.8) is 0 Å². The Morgan fingerprint density at radius 3 is 2.62 bits per heavy atom. The number of nitrogens with zero attached hydrogens (tertiary/aromatic N) is 3. The summed E-state index contributed by atoms with van der Waals surface area (Å²) in [7, 11) is 1.93. The van der Waals surface area contributed by atoms with Crippen LogP contribution in [0, 0.1) is 0 Å². The first-order valence-electron chi connectivity index (χ1n) is 5.43. The van der Waals surface area contributed by atoms with Crippen LogP contribution in [0.4, 0.5) is 0 Å². The zero-order valence-corrected chi connectivity index (χ0v) is 9.59. The number of hydrogen-bond donors (Lipinski definition) is 1. The average Bonchev–Trinajstić information content (AvgIpc) is 2.74. The fourth-order valence-corrected chi connectivity index (χ4v) is 1.78. The van der Waals surface area contributed by atoms with Crippen molar-refractivity contribution in [1.29, 1.82) is 0 Å². The van der Waals surface area contributed by atoms with Gasteiger partial charge in [-0.05, 0) is 24.2 Å². The Bertz CT molecular complexity index is 435. The Kier molecular flexibility index (Phi) is 3.31. The second-order valence-corrected chi connectivity index (χ2v) is 3.72. The van der Waals surface area contributed by atoms with Gasteiger partial charge in [-0.2, -0.15) is 5.10 Å². The van der Waals surface area contributed by atoms with Crippen LogP contribution >= 0.6 is 0 Å². The molecule has 2 rings (SSSR count). The van der Waals surface area contributed by atoms with Crippen LogP contribution in [0.5, 0.6) is 0 Å². The molecule has 16 heavy (non-hydrogen) atoms. The van der Waals surface area contributed by atoms with E-state index in [4.69, 9.17) is 0 Å². The maximum Gasteiger partial charge on any atom is 0.0608 e. The van der Waals surface area contributed by atoms with E-state index in [1.165, 1.54) is 11.1 Å². The zero-order chi connectivity index (χ0) is 11.4. The predicted octanol–water partition coefficient (Wildman–Crippen LogP) is 1.51. The van der Waals surface area contributed by atoms with Crippen molar-refractivity contribution in [3.8, 4) is 0 Å². The SMILES string of the molecule is CCNC(c1ccncc1)c1cnn(C)c1. The van der Waals surface area contributed by atoms with E-state index in [9.17, 15) is 0 Å². The lowest BCUT2D eigenvalue weighted by atomic mass is 10.0. The van der Waals surface area contributed by atoms with Crippen LogP contribution in [0.1, 0.15) is 24.1 Å². The monoisotopic (exact) mass is 216 g/mol. The molecule has 0 aliphatic rings. The Balaban J connectivity index is 2.31. The first-order valence-corrected chi connectivity index (χ1v) is 5.43. The molecule has 1 unspecified atom stereocenters. The van der Waals surface area contributed by atoms with E-state index < -0.39 is 0 Å². The van der Waals surface area contributed by atoms with Gasteiger partial charge in [0, 0.05) is 31.2 Å². The maximum absolute atomic E-state index is 4.21. The van der Waals surface area contributed by atoms with Gasteiger partial charge in [0.25, 0.3) is 0 Å². The number of hydrogen-bond acceptors (Lipinski definition) is 3. The molecule has 84 valence electrons. The fourth-order valence-electron chi connectivity index (χ4n) is 1.78. The summed E-state index contributed by atoms with van der Waals surface area (Å²) in [6, 6.07) is 4.25. The highest BCUT2D eigenvalue weighted by Gasteiger charge is 2.13. The summed E-state index contributed by atoms with van der Waals surface area (Å²) in [5.41, 5.74) is 2.39. The Morgan fingerprint density at radius 1 is 1.31 bits per heavy atom. The molecule has 0 fully saturated rings. The summed E-state index contributed by atoms with van der Waals surface area (Å²) in [5.74, 6) is 0. The Hall–Kier alpha value is -1.68. The zero-order valence-electron chi connectivity index (χ0n) is 9.59. The molecule has 0 radical (unpaired) electrons. The van der Waals surface area contributed by atoms with E-state index in [1.54, 1.807) is 0 Å². The molecular formula is C12H16N4. The summed E-state index contributed by atoms with van der Waals surface area (Å²) >= 11 is 0. The van der Waals surface area contributed by atoms with Crippen molar-refractivity contribution in [3.05, 3.63) is 48.0 Å². The van der Waals surface area contributed by atoms with Gasteiger partial charge in [0.15, 0.2) is 0 Å². The molecule has 4 heteroatoms.